The highest BCUT2D eigenvalue weighted by Gasteiger charge is 2.54. The average molecular weight is 299 g/mol. The highest BCUT2D eigenvalue weighted by atomic mass is 79.9. The third-order valence-electron chi connectivity index (χ3n) is 5.43. The molecule has 0 amide bonds. The molecule has 3 atom stereocenters. The lowest BCUT2D eigenvalue weighted by Gasteiger charge is -2.55. The molecule has 0 heterocycles. The summed E-state index contributed by atoms with van der Waals surface area (Å²) in [5.74, 6) is 0.721. The van der Waals surface area contributed by atoms with Crippen molar-refractivity contribution < 1.29 is 4.79 Å². The monoisotopic (exact) mass is 298 g/mol. The molecule has 2 heteroatoms. The fraction of sp³-hybridized carbons (Fsp3) is 0.800. The fourth-order valence-corrected chi connectivity index (χ4v) is 4.27. The highest BCUT2D eigenvalue weighted by Crippen LogP contribution is 2.60. The van der Waals surface area contributed by atoms with E-state index in [1.807, 2.05) is 0 Å². The normalized spacial score (nSPS) is 41.5. The number of halogens is 1. The molecule has 1 spiro atoms. The molecule has 0 unspecified atom stereocenters. The molecule has 1 nitrogen and oxygen atoms in total. The Hall–Kier alpha value is -0.110. The van der Waals surface area contributed by atoms with Crippen molar-refractivity contribution in [3.05, 3.63) is 11.6 Å². The summed E-state index contributed by atoms with van der Waals surface area (Å²) < 4.78 is 0. The van der Waals surface area contributed by atoms with E-state index in [1.165, 1.54) is 5.57 Å². The van der Waals surface area contributed by atoms with E-state index in [2.05, 4.69) is 49.7 Å². The van der Waals surface area contributed by atoms with Gasteiger partial charge in [-0.1, -0.05) is 48.4 Å². The predicted octanol–water partition coefficient (Wildman–Crippen LogP) is 4.50. The molecule has 17 heavy (non-hydrogen) atoms. The van der Waals surface area contributed by atoms with Crippen LogP contribution >= 0.6 is 15.9 Å². The summed E-state index contributed by atoms with van der Waals surface area (Å²) in [5, 5.41) is 0. The van der Waals surface area contributed by atoms with Crippen LogP contribution in [0.5, 0.6) is 0 Å². The van der Waals surface area contributed by atoms with E-state index in [-0.39, 0.29) is 16.7 Å². The van der Waals surface area contributed by atoms with Crippen LogP contribution in [0, 0.1) is 16.7 Å². The number of alkyl halides is 1. The molecule has 0 aromatic rings. The van der Waals surface area contributed by atoms with Gasteiger partial charge < -0.3 is 0 Å². The van der Waals surface area contributed by atoms with Crippen molar-refractivity contribution in [2.45, 2.75) is 58.2 Å². The number of hydrogen-bond acceptors (Lipinski definition) is 1. The van der Waals surface area contributed by atoms with Crippen LogP contribution in [-0.2, 0) is 4.79 Å². The van der Waals surface area contributed by atoms with Gasteiger partial charge in [0, 0.05) is 22.6 Å². The molecule has 0 aromatic heterocycles. The van der Waals surface area contributed by atoms with Crippen molar-refractivity contribution in [3.8, 4) is 0 Å². The Kier molecular flexibility index (Phi) is 3.31. The second kappa shape index (κ2) is 4.22. The Morgan fingerprint density at radius 3 is 2.65 bits per heavy atom. The second-order valence-corrected chi connectivity index (χ2v) is 7.58. The van der Waals surface area contributed by atoms with Crippen LogP contribution in [0.3, 0.4) is 0 Å². The topological polar surface area (TPSA) is 17.1 Å². The van der Waals surface area contributed by atoms with Crippen LogP contribution < -0.4 is 0 Å². The Bertz CT molecular complexity index is 369. The number of rotatable bonds is 0. The van der Waals surface area contributed by atoms with Crippen molar-refractivity contribution >= 4 is 21.7 Å². The quantitative estimate of drug-likeness (QED) is 0.475. The third kappa shape index (κ3) is 1.83. The van der Waals surface area contributed by atoms with Gasteiger partial charge in [0.05, 0.1) is 0 Å². The summed E-state index contributed by atoms with van der Waals surface area (Å²) in [5.41, 5.74) is 1.71. The summed E-state index contributed by atoms with van der Waals surface area (Å²) in [6.07, 6.45) is 6.38. The Morgan fingerprint density at radius 2 is 2.06 bits per heavy atom. The second-order valence-electron chi connectivity index (χ2n) is 6.48. The van der Waals surface area contributed by atoms with Crippen molar-refractivity contribution in [2.75, 3.05) is 0 Å². The zero-order valence-electron chi connectivity index (χ0n) is 11.3. The molecule has 1 saturated carbocycles. The molecule has 0 aliphatic heterocycles. The SMILES string of the molecule is CC1=CC[C@@H](Br)C(C)(C)[C@]12CC[C@H](C)C(=O)C2. The first-order chi connectivity index (χ1) is 7.81. The molecular weight excluding hydrogens is 276 g/mol. The van der Waals surface area contributed by atoms with E-state index in [9.17, 15) is 4.79 Å². The number of ketones is 1. The minimum absolute atomic E-state index is 0.100. The number of hydrogen-bond donors (Lipinski definition) is 0. The molecule has 0 N–H and O–H groups in total. The first-order valence-electron chi connectivity index (χ1n) is 6.65. The molecule has 0 bridgehead atoms. The summed E-state index contributed by atoms with van der Waals surface area (Å²) in [7, 11) is 0. The number of Topliss-reactive ketones (excluding diaryl/α,β-unsaturated/α-hetero) is 1. The molecule has 2 aliphatic rings. The third-order valence-corrected chi connectivity index (χ3v) is 6.95. The van der Waals surface area contributed by atoms with Crippen molar-refractivity contribution in [1.82, 2.24) is 0 Å². The Morgan fingerprint density at radius 1 is 1.41 bits per heavy atom. The van der Waals surface area contributed by atoms with Gasteiger partial charge in [-0.25, -0.2) is 0 Å². The smallest absolute Gasteiger partial charge is 0.136 e. The first-order valence-corrected chi connectivity index (χ1v) is 7.57. The van der Waals surface area contributed by atoms with Gasteiger partial charge in [-0.3, -0.25) is 4.79 Å². The lowest BCUT2D eigenvalue weighted by molar-refractivity contribution is -0.130. The van der Waals surface area contributed by atoms with Gasteiger partial charge in [-0.2, -0.15) is 0 Å². The Balaban J connectivity index is 2.43. The highest BCUT2D eigenvalue weighted by molar-refractivity contribution is 9.09. The molecule has 0 radical (unpaired) electrons. The fourth-order valence-electron chi connectivity index (χ4n) is 3.65. The maximum atomic E-state index is 12.2. The molecule has 0 saturated heterocycles. The van der Waals surface area contributed by atoms with E-state index in [0.29, 0.717) is 10.6 Å². The van der Waals surface area contributed by atoms with E-state index >= 15 is 0 Å². The minimum atomic E-state index is 0.100. The zero-order chi connectivity index (χ0) is 12.8. The lowest BCUT2D eigenvalue weighted by Crippen LogP contribution is -2.50. The summed E-state index contributed by atoms with van der Waals surface area (Å²) in [4.78, 5) is 12.7. The van der Waals surface area contributed by atoms with E-state index < -0.39 is 0 Å². The van der Waals surface area contributed by atoms with Crippen molar-refractivity contribution in [1.29, 1.82) is 0 Å². The number of allylic oxidation sites excluding steroid dienone is 2. The van der Waals surface area contributed by atoms with Gasteiger partial charge in [0.1, 0.15) is 5.78 Å². The summed E-state index contributed by atoms with van der Waals surface area (Å²) in [6.45, 7) is 8.96. The average Bonchev–Trinajstić information content (AvgIpc) is 2.27. The lowest BCUT2D eigenvalue weighted by atomic mass is 9.51. The molecular formula is C15H23BrO. The van der Waals surface area contributed by atoms with E-state index in [4.69, 9.17) is 0 Å². The van der Waals surface area contributed by atoms with Gasteiger partial charge in [0.2, 0.25) is 0 Å². The number of carbonyl (C=O) groups excluding carboxylic acids is 1. The van der Waals surface area contributed by atoms with Gasteiger partial charge >= 0.3 is 0 Å². The maximum Gasteiger partial charge on any atom is 0.136 e. The molecule has 0 aromatic carbocycles. The predicted molar refractivity (Wildman–Crippen MR) is 75.3 cm³/mol. The number of carbonyl (C=O) groups is 1. The Labute approximate surface area is 113 Å². The largest absolute Gasteiger partial charge is 0.299 e. The van der Waals surface area contributed by atoms with Gasteiger partial charge in [0.25, 0.3) is 0 Å². The maximum absolute atomic E-state index is 12.2. The van der Waals surface area contributed by atoms with Crippen molar-refractivity contribution in [2.24, 2.45) is 16.7 Å². The van der Waals surface area contributed by atoms with Crippen LogP contribution in [0.4, 0.5) is 0 Å². The van der Waals surface area contributed by atoms with Gasteiger partial charge in [-0.15, -0.1) is 0 Å². The standard InChI is InChI=1S/C15H23BrO/c1-10-7-8-15(9-12(10)17)11(2)5-6-13(16)14(15,3)4/h5,10,13H,6-9H2,1-4H3/t10-,13+,15-/m0/s1. The van der Waals surface area contributed by atoms with Gasteiger partial charge in [0.15, 0.2) is 0 Å². The van der Waals surface area contributed by atoms with E-state index in [0.717, 1.165) is 25.7 Å². The molecule has 2 rings (SSSR count). The van der Waals surface area contributed by atoms with Crippen LogP contribution in [0.1, 0.15) is 53.4 Å². The molecule has 2 aliphatic carbocycles. The van der Waals surface area contributed by atoms with E-state index in [1.54, 1.807) is 0 Å². The van der Waals surface area contributed by atoms with Crippen LogP contribution in [0.15, 0.2) is 11.6 Å². The summed E-state index contributed by atoms with van der Waals surface area (Å²) >= 11 is 3.83. The van der Waals surface area contributed by atoms with Gasteiger partial charge in [-0.05, 0) is 31.6 Å². The first kappa shape index (κ1) is 13.3. The van der Waals surface area contributed by atoms with Crippen LogP contribution in [0.25, 0.3) is 0 Å². The zero-order valence-corrected chi connectivity index (χ0v) is 12.9. The molecule has 96 valence electrons. The van der Waals surface area contributed by atoms with Crippen LogP contribution in [0.2, 0.25) is 0 Å². The molecule has 1 fully saturated rings. The minimum Gasteiger partial charge on any atom is -0.299 e. The van der Waals surface area contributed by atoms with Crippen LogP contribution in [-0.4, -0.2) is 10.6 Å². The summed E-state index contributed by atoms with van der Waals surface area (Å²) in [6, 6.07) is 0. The van der Waals surface area contributed by atoms with Crippen molar-refractivity contribution in [3.63, 3.8) is 0 Å².